The van der Waals surface area contributed by atoms with Crippen LogP contribution in [0.25, 0.3) is 0 Å². The Kier molecular flexibility index (Phi) is 4.71. The number of morpholine rings is 1. The zero-order valence-electron chi connectivity index (χ0n) is 10.1. The molecule has 0 radical (unpaired) electrons. The summed E-state index contributed by atoms with van der Waals surface area (Å²) in [6.07, 6.45) is 0.322. The van der Waals surface area contributed by atoms with Crippen LogP contribution in [0.3, 0.4) is 0 Å². The van der Waals surface area contributed by atoms with Gasteiger partial charge in [0.15, 0.2) is 0 Å². The molecule has 1 unspecified atom stereocenters. The molecule has 0 amide bonds. The van der Waals surface area contributed by atoms with Gasteiger partial charge in [-0.2, -0.15) is 0 Å². The predicted octanol–water partition coefficient (Wildman–Crippen LogP) is 2.21. The van der Waals surface area contributed by atoms with Crippen LogP contribution in [0.15, 0.2) is 29.2 Å². The second kappa shape index (κ2) is 6.28. The van der Waals surface area contributed by atoms with Crippen molar-refractivity contribution in [1.29, 1.82) is 0 Å². The molecule has 17 heavy (non-hydrogen) atoms. The quantitative estimate of drug-likeness (QED) is 0.834. The molecule has 1 atom stereocenters. The summed E-state index contributed by atoms with van der Waals surface area (Å²) in [5.41, 5.74) is 0. The monoisotopic (exact) mass is 253 g/mol. The molecular weight excluding hydrogens is 234 g/mol. The third kappa shape index (κ3) is 3.91. The molecular formula is C13H19NO2S. The van der Waals surface area contributed by atoms with Gasteiger partial charge < -0.3 is 9.84 Å². The molecule has 1 aliphatic rings. The summed E-state index contributed by atoms with van der Waals surface area (Å²) in [5, 5.41) is 9.20. The van der Waals surface area contributed by atoms with E-state index in [0.29, 0.717) is 11.9 Å². The number of hydrogen-bond donors (Lipinski definition) is 1. The number of aromatic hydroxyl groups is 1. The molecule has 0 bridgehead atoms. The highest BCUT2D eigenvalue weighted by atomic mass is 32.2. The number of ether oxygens (including phenoxy) is 1. The van der Waals surface area contributed by atoms with E-state index in [4.69, 9.17) is 4.74 Å². The van der Waals surface area contributed by atoms with Crippen molar-refractivity contribution in [1.82, 2.24) is 4.90 Å². The lowest BCUT2D eigenvalue weighted by Crippen LogP contribution is -2.43. The molecule has 1 aliphatic heterocycles. The Balaban J connectivity index is 1.79. The van der Waals surface area contributed by atoms with E-state index in [2.05, 4.69) is 11.8 Å². The Morgan fingerprint density at radius 3 is 2.88 bits per heavy atom. The molecule has 1 fully saturated rings. The average Bonchev–Trinajstić information content (AvgIpc) is 2.38. The van der Waals surface area contributed by atoms with E-state index in [1.165, 1.54) is 4.90 Å². The largest absolute Gasteiger partial charge is 0.508 e. The Bertz CT molecular complexity index is 342. The minimum Gasteiger partial charge on any atom is -0.508 e. The molecule has 0 aliphatic carbocycles. The maximum atomic E-state index is 9.20. The molecule has 0 aromatic heterocycles. The van der Waals surface area contributed by atoms with E-state index in [0.717, 1.165) is 32.0 Å². The van der Waals surface area contributed by atoms with E-state index >= 15 is 0 Å². The minimum atomic E-state index is 0.320. The first-order valence-electron chi connectivity index (χ1n) is 6.03. The van der Waals surface area contributed by atoms with Crippen LogP contribution >= 0.6 is 11.8 Å². The lowest BCUT2D eigenvalue weighted by Gasteiger charge is -2.31. The van der Waals surface area contributed by atoms with Crippen molar-refractivity contribution in [3.8, 4) is 5.75 Å². The summed E-state index contributed by atoms with van der Waals surface area (Å²) in [7, 11) is 0. The smallest absolute Gasteiger partial charge is 0.115 e. The van der Waals surface area contributed by atoms with Gasteiger partial charge in [0.1, 0.15) is 5.75 Å². The van der Waals surface area contributed by atoms with Crippen LogP contribution in [0.1, 0.15) is 6.92 Å². The first kappa shape index (κ1) is 12.7. The number of benzene rings is 1. The normalized spacial score (nSPS) is 21.6. The fourth-order valence-corrected chi connectivity index (χ4v) is 2.81. The number of thioether (sulfide) groups is 1. The molecule has 1 saturated heterocycles. The molecule has 2 rings (SSSR count). The highest BCUT2D eigenvalue weighted by molar-refractivity contribution is 7.99. The number of nitrogens with zero attached hydrogens (tertiary/aromatic N) is 1. The van der Waals surface area contributed by atoms with Gasteiger partial charge in [-0.25, -0.2) is 0 Å². The highest BCUT2D eigenvalue weighted by Gasteiger charge is 2.19. The number of rotatable bonds is 4. The van der Waals surface area contributed by atoms with Gasteiger partial charge in [-0.15, -0.1) is 11.8 Å². The van der Waals surface area contributed by atoms with Crippen LogP contribution in [-0.4, -0.2) is 48.1 Å². The second-order valence-electron chi connectivity index (χ2n) is 4.19. The van der Waals surface area contributed by atoms with Crippen molar-refractivity contribution in [2.45, 2.75) is 17.9 Å². The Labute approximate surface area is 107 Å². The lowest BCUT2D eigenvalue weighted by molar-refractivity contribution is -0.0137. The second-order valence-corrected chi connectivity index (χ2v) is 5.28. The zero-order chi connectivity index (χ0) is 12.1. The summed E-state index contributed by atoms with van der Waals surface area (Å²) < 4.78 is 5.74. The van der Waals surface area contributed by atoms with E-state index < -0.39 is 0 Å². The van der Waals surface area contributed by atoms with Crippen molar-refractivity contribution < 1.29 is 9.84 Å². The van der Waals surface area contributed by atoms with Gasteiger partial charge >= 0.3 is 0 Å². The molecule has 1 aromatic rings. The van der Waals surface area contributed by atoms with Crippen LogP contribution < -0.4 is 0 Å². The molecule has 3 nitrogen and oxygen atoms in total. The highest BCUT2D eigenvalue weighted by Crippen LogP contribution is 2.23. The molecule has 94 valence electrons. The topological polar surface area (TPSA) is 32.7 Å². The van der Waals surface area contributed by atoms with Crippen molar-refractivity contribution >= 4 is 11.8 Å². The van der Waals surface area contributed by atoms with Crippen LogP contribution in [0.5, 0.6) is 5.75 Å². The third-order valence-corrected chi connectivity index (χ3v) is 4.09. The van der Waals surface area contributed by atoms with E-state index in [9.17, 15) is 5.11 Å². The number of hydrogen-bond acceptors (Lipinski definition) is 4. The predicted molar refractivity (Wildman–Crippen MR) is 70.7 cm³/mol. The van der Waals surface area contributed by atoms with Gasteiger partial charge in [-0.05, 0) is 30.8 Å². The van der Waals surface area contributed by atoms with E-state index in [-0.39, 0.29) is 0 Å². The lowest BCUT2D eigenvalue weighted by atomic mass is 10.3. The van der Waals surface area contributed by atoms with Gasteiger partial charge in [-0.1, -0.05) is 6.92 Å². The summed E-state index contributed by atoms with van der Waals surface area (Å²) in [5.74, 6) is 1.29. The Morgan fingerprint density at radius 2 is 2.18 bits per heavy atom. The van der Waals surface area contributed by atoms with Crippen molar-refractivity contribution in [2.75, 3.05) is 32.0 Å². The molecule has 1 heterocycles. The fourth-order valence-electron chi connectivity index (χ4n) is 1.90. The molecule has 1 aromatic carbocycles. The fraction of sp³-hybridized carbons (Fsp3) is 0.538. The van der Waals surface area contributed by atoms with Crippen LogP contribution in [0.4, 0.5) is 0 Å². The molecule has 0 spiro atoms. The Hall–Kier alpha value is -0.710. The van der Waals surface area contributed by atoms with E-state index in [1.54, 1.807) is 23.9 Å². The third-order valence-electron chi connectivity index (χ3n) is 2.94. The molecule has 4 heteroatoms. The maximum absolute atomic E-state index is 9.20. The van der Waals surface area contributed by atoms with Crippen LogP contribution in [0.2, 0.25) is 0 Å². The molecule has 1 N–H and O–H groups in total. The van der Waals surface area contributed by atoms with Gasteiger partial charge in [0.2, 0.25) is 0 Å². The van der Waals surface area contributed by atoms with Crippen molar-refractivity contribution in [3.05, 3.63) is 24.3 Å². The van der Waals surface area contributed by atoms with Crippen LogP contribution in [-0.2, 0) is 4.74 Å². The average molecular weight is 253 g/mol. The summed E-state index contributed by atoms with van der Waals surface area (Å²) in [6, 6.07) is 7.34. The van der Waals surface area contributed by atoms with Gasteiger partial charge in [-0.3, -0.25) is 4.90 Å². The SMILES string of the molecule is CCN1CCOC(CSc2ccc(O)cc2)C1. The first-order valence-corrected chi connectivity index (χ1v) is 7.02. The summed E-state index contributed by atoms with van der Waals surface area (Å²) in [6.45, 7) is 6.21. The van der Waals surface area contributed by atoms with Crippen LogP contribution in [0, 0.1) is 0 Å². The maximum Gasteiger partial charge on any atom is 0.115 e. The number of likely N-dealkylation sites (N-methyl/N-ethyl adjacent to an activating group) is 1. The number of phenolic OH excluding ortho intramolecular Hbond substituents is 1. The number of phenols is 1. The standard InChI is InChI=1S/C13H19NO2S/c1-2-14-7-8-16-12(9-14)10-17-13-5-3-11(15)4-6-13/h3-6,12,15H,2,7-10H2,1H3. The molecule has 0 saturated carbocycles. The van der Waals surface area contributed by atoms with Gasteiger partial charge in [0.25, 0.3) is 0 Å². The van der Waals surface area contributed by atoms with Crippen molar-refractivity contribution in [3.63, 3.8) is 0 Å². The van der Waals surface area contributed by atoms with Gasteiger partial charge in [0, 0.05) is 23.7 Å². The van der Waals surface area contributed by atoms with Crippen molar-refractivity contribution in [2.24, 2.45) is 0 Å². The first-order chi connectivity index (χ1) is 8.28. The summed E-state index contributed by atoms with van der Waals surface area (Å²) >= 11 is 1.79. The summed E-state index contributed by atoms with van der Waals surface area (Å²) in [4.78, 5) is 3.60. The zero-order valence-corrected chi connectivity index (χ0v) is 10.9. The van der Waals surface area contributed by atoms with E-state index in [1.807, 2.05) is 12.1 Å². The van der Waals surface area contributed by atoms with Gasteiger partial charge in [0.05, 0.1) is 12.7 Å². The minimum absolute atomic E-state index is 0.320. The Morgan fingerprint density at radius 1 is 1.41 bits per heavy atom.